The first-order chi connectivity index (χ1) is 15.9. The van der Waals surface area contributed by atoms with Gasteiger partial charge in [0.2, 0.25) is 0 Å². The van der Waals surface area contributed by atoms with Crippen molar-refractivity contribution in [3.8, 4) is 5.75 Å². The van der Waals surface area contributed by atoms with E-state index in [4.69, 9.17) is 9.47 Å². The monoisotopic (exact) mass is 462 g/mol. The van der Waals surface area contributed by atoms with Crippen LogP contribution in [0.3, 0.4) is 0 Å². The van der Waals surface area contributed by atoms with Gasteiger partial charge in [0.1, 0.15) is 5.75 Å². The Morgan fingerprint density at radius 3 is 2.52 bits per heavy atom. The summed E-state index contributed by atoms with van der Waals surface area (Å²) in [5.41, 5.74) is 3.48. The molecule has 2 aromatic carbocycles. The van der Waals surface area contributed by atoms with E-state index in [2.05, 4.69) is 4.99 Å². The van der Waals surface area contributed by atoms with E-state index in [1.807, 2.05) is 68.5 Å². The number of nitrogens with zero attached hydrogens (tertiary/aromatic N) is 2. The maximum Gasteiger partial charge on any atom is 0.338 e. The molecule has 0 radical (unpaired) electrons. The fourth-order valence-corrected chi connectivity index (χ4v) is 4.92. The van der Waals surface area contributed by atoms with Gasteiger partial charge in [0, 0.05) is 5.56 Å². The topological polar surface area (TPSA) is 69.9 Å². The van der Waals surface area contributed by atoms with Crippen molar-refractivity contribution in [1.29, 1.82) is 0 Å². The van der Waals surface area contributed by atoms with E-state index in [0.717, 1.165) is 16.7 Å². The maximum atomic E-state index is 13.6. The van der Waals surface area contributed by atoms with E-state index < -0.39 is 12.0 Å². The largest absolute Gasteiger partial charge is 0.493 e. The molecule has 3 aromatic rings. The Labute approximate surface area is 196 Å². The third-order valence-electron chi connectivity index (χ3n) is 5.42. The molecule has 0 amide bonds. The summed E-state index contributed by atoms with van der Waals surface area (Å²) in [6.07, 6.45) is 1.82. The molecule has 6 nitrogen and oxygen atoms in total. The van der Waals surface area contributed by atoms with Gasteiger partial charge in [-0.1, -0.05) is 59.4 Å². The number of para-hydroxylation sites is 1. The summed E-state index contributed by atoms with van der Waals surface area (Å²) in [5.74, 6) is 0.254. The van der Waals surface area contributed by atoms with Gasteiger partial charge in [-0.2, -0.15) is 0 Å². The molecule has 0 saturated carbocycles. The lowest BCUT2D eigenvalue weighted by Gasteiger charge is -2.24. The second-order valence-corrected chi connectivity index (χ2v) is 8.69. The van der Waals surface area contributed by atoms with Crippen LogP contribution in [0.25, 0.3) is 6.08 Å². The second kappa shape index (κ2) is 9.58. The number of carbonyl (C=O) groups is 1. The quantitative estimate of drug-likeness (QED) is 0.526. The molecule has 1 aromatic heterocycles. The Hall–Kier alpha value is -3.45. The van der Waals surface area contributed by atoms with Crippen molar-refractivity contribution in [2.75, 3.05) is 13.2 Å². The third kappa shape index (κ3) is 4.41. The van der Waals surface area contributed by atoms with Crippen LogP contribution in [-0.2, 0) is 9.53 Å². The highest BCUT2D eigenvalue weighted by Gasteiger charge is 2.33. The molecule has 0 spiro atoms. The highest BCUT2D eigenvalue weighted by atomic mass is 32.1. The lowest BCUT2D eigenvalue weighted by atomic mass is 9.95. The van der Waals surface area contributed by atoms with Crippen LogP contribution in [0.4, 0.5) is 0 Å². The number of fused-ring (bicyclic) bond motifs is 1. The number of esters is 1. The molecule has 1 aliphatic heterocycles. The fourth-order valence-electron chi connectivity index (χ4n) is 3.88. The molecule has 4 rings (SSSR count). The number of aryl methyl sites for hydroxylation is 1. The van der Waals surface area contributed by atoms with Crippen LogP contribution in [0.5, 0.6) is 5.75 Å². The van der Waals surface area contributed by atoms with E-state index >= 15 is 0 Å². The van der Waals surface area contributed by atoms with Crippen LogP contribution in [0, 0.1) is 6.92 Å². The van der Waals surface area contributed by atoms with E-state index in [-0.39, 0.29) is 12.2 Å². The first-order valence-corrected chi connectivity index (χ1v) is 11.7. The molecule has 0 fully saturated rings. The number of benzene rings is 2. The van der Waals surface area contributed by atoms with Gasteiger partial charge in [0.15, 0.2) is 4.80 Å². The molecule has 7 heteroatoms. The predicted molar refractivity (Wildman–Crippen MR) is 129 cm³/mol. The SMILES string of the molecule is CCOC(=O)C1=C(C)N=c2s/c(=C\c3ccccc3OCC)c(=O)n2[C@H]1c1ccc(C)cc1. The number of hydrogen-bond acceptors (Lipinski definition) is 6. The molecular weight excluding hydrogens is 436 g/mol. The molecule has 1 aliphatic rings. The Balaban J connectivity index is 1.95. The lowest BCUT2D eigenvalue weighted by molar-refractivity contribution is -0.139. The Kier molecular flexibility index (Phi) is 6.60. The van der Waals surface area contributed by atoms with Gasteiger partial charge in [-0.05, 0) is 45.4 Å². The van der Waals surface area contributed by atoms with Crippen molar-refractivity contribution < 1.29 is 14.3 Å². The number of allylic oxidation sites excluding steroid dienone is 1. The van der Waals surface area contributed by atoms with E-state index in [1.54, 1.807) is 18.4 Å². The molecule has 0 aliphatic carbocycles. The number of aromatic nitrogens is 1. The van der Waals surface area contributed by atoms with Gasteiger partial charge in [-0.25, -0.2) is 9.79 Å². The third-order valence-corrected chi connectivity index (χ3v) is 6.40. The standard InChI is InChI=1S/C26H26N2O4S/c1-5-31-20-10-8-7-9-19(20)15-21-24(29)28-23(18-13-11-16(3)12-14-18)22(25(30)32-6-2)17(4)27-26(28)33-21/h7-15,23H,5-6H2,1-4H3/b21-15-/t23-/m0/s1. The highest BCUT2D eigenvalue weighted by Crippen LogP contribution is 2.30. The number of carbonyl (C=O) groups excluding carboxylic acids is 1. The summed E-state index contributed by atoms with van der Waals surface area (Å²) in [4.78, 5) is 31.7. The van der Waals surface area contributed by atoms with Crippen LogP contribution in [0.15, 0.2) is 69.6 Å². The van der Waals surface area contributed by atoms with Gasteiger partial charge in [-0.3, -0.25) is 9.36 Å². The summed E-state index contributed by atoms with van der Waals surface area (Å²) < 4.78 is 13.2. The van der Waals surface area contributed by atoms with Crippen molar-refractivity contribution in [1.82, 2.24) is 4.57 Å². The average molecular weight is 463 g/mol. The van der Waals surface area contributed by atoms with Gasteiger partial charge >= 0.3 is 5.97 Å². The Morgan fingerprint density at radius 2 is 1.82 bits per heavy atom. The van der Waals surface area contributed by atoms with Gasteiger partial charge in [-0.15, -0.1) is 0 Å². The lowest BCUT2D eigenvalue weighted by Crippen LogP contribution is -2.39. The van der Waals surface area contributed by atoms with Crippen molar-refractivity contribution in [2.45, 2.75) is 33.7 Å². The van der Waals surface area contributed by atoms with Crippen LogP contribution < -0.4 is 19.6 Å². The summed E-state index contributed by atoms with van der Waals surface area (Å²) in [7, 11) is 0. The smallest absolute Gasteiger partial charge is 0.338 e. The van der Waals surface area contributed by atoms with Crippen LogP contribution >= 0.6 is 11.3 Å². The predicted octanol–water partition coefficient (Wildman–Crippen LogP) is 3.51. The van der Waals surface area contributed by atoms with Crippen molar-refractivity contribution in [2.24, 2.45) is 4.99 Å². The number of rotatable bonds is 6. The van der Waals surface area contributed by atoms with Crippen molar-refractivity contribution >= 4 is 23.4 Å². The number of thiazole rings is 1. The Bertz CT molecular complexity index is 1400. The molecule has 33 heavy (non-hydrogen) atoms. The molecule has 170 valence electrons. The average Bonchev–Trinajstić information content (AvgIpc) is 3.09. The zero-order valence-electron chi connectivity index (χ0n) is 19.1. The minimum absolute atomic E-state index is 0.204. The molecule has 0 bridgehead atoms. The van der Waals surface area contributed by atoms with Crippen LogP contribution in [0.2, 0.25) is 0 Å². The van der Waals surface area contributed by atoms with Crippen LogP contribution in [-0.4, -0.2) is 23.8 Å². The van der Waals surface area contributed by atoms with E-state index in [0.29, 0.717) is 33.0 Å². The Morgan fingerprint density at radius 1 is 1.09 bits per heavy atom. The molecule has 0 saturated heterocycles. The van der Waals surface area contributed by atoms with Crippen molar-refractivity contribution in [3.63, 3.8) is 0 Å². The van der Waals surface area contributed by atoms with E-state index in [9.17, 15) is 9.59 Å². The zero-order valence-corrected chi connectivity index (χ0v) is 19.9. The first kappa shape index (κ1) is 22.7. The van der Waals surface area contributed by atoms with Crippen LogP contribution in [0.1, 0.15) is 43.5 Å². The molecule has 1 atom stereocenters. The van der Waals surface area contributed by atoms with Gasteiger partial charge < -0.3 is 9.47 Å². The summed E-state index contributed by atoms with van der Waals surface area (Å²) in [6, 6.07) is 14.8. The summed E-state index contributed by atoms with van der Waals surface area (Å²) >= 11 is 1.30. The van der Waals surface area contributed by atoms with Gasteiger partial charge in [0.05, 0.1) is 35.1 Å². The summed E-state index contributed by atoms with van der Waals surface area (Å²) in [6.45, 7) is 8.25. The highest BCUT2D eigenvalue weighted by molar-refractivity contribution is 7.07. The van der Waals surface area contributed by atoms with Gasteiger partial charge in [0.25, 0.3) is 5.56 Å². The summed E-state index contributed by atoms with van der Waals surface area (Å²) in [5, 5.41) is 0. The molecular formula is C26H26N2O4S. The minimum Gasteiger partial charge on any atom is -0.493 e. The second-order valence-electron chi connectivity index (χ2n) is 7.68. The van der Waals surface area contributed by atoms with E-state index in [1.165, 1.54) is 11.3 Å². The normalized spacial score (nSPS) is 15.8. The fraction of sp³-hybridized carbons (Fsp3) is 0.269. The minimum atomic E-state index is -0.606. The zero-order chi connectivity index (χ0) is 23.5. The number of hydrogen-bond donors (Lipinski definition) is 0. The van der Waals surface area contributed by atoms with Crippen molar-refractivity contribution in [3.05, 3.63) is 96.2 Å². The first-order valence-electron chi connectivity index (χ1n) is 10.9. The molecule has 0 N–H and O–H groups in total. The molecule has 2 heterocycles. The number of ether oxygens (including phenoxy) is 2. The molecule has 0 unspecified atom stereocenters. The maximum absolute atomic E-state index is 13.6.